The van der Waals surface area contributed by atoms with Crippen LogP contribution in [0.1, 0.15) is 63.5 Å². The first-order chi connectivity index (χ1) is 11.5. The molecule has 1 aliphatic rings. The van der Waals surface area contributed by atoms with Crippen LogP contribution in [0, 0.1) is 15.5 Å². The molecule has 1 atom stereocenters. The van der Waals surface area contributed by atoms with Crippen LogP contribution in [-0.2, 0) is 4.79 Å². The highest BCUT2D eigenvalue weighted by Crippen LogP contribution is 2.38. The fraction of sp³-hybridized carbons (Fsp3) is 0.611. The van der Waals surface area contributed by atoms with E-state index in [9.17, 15) is 14.9 Å². The maximum absolute atomic E-state index is 12.5. The van der Waals surface area contributed by atoms with Gasteiger partial charge in [-0.2, -0.15) is 0 Å². The lowest BCUT2D eigenvalue weighted by Gasteiger charge is -2.36. The molecule has 1 fully saturated rings. The van der Waals surface area contributed by atoms with Crippen LogP contribution in [0.5, 0.6) is 0 Å². The molecule has 140 valence electrons. The maximum atomic E-state index is 12.5. The van der Waals surface area contributed by atoms with Gasteiger partial charge in [0.25, 0.3) is 5.69 Å². The summed E-state index contributed by atoms with van der Waals surface area (Å²) in [5.41, 5.74) is 6.70. The van der Waals surface area contributed by atoms with Gasteiger partial charge in [-0.3, -0.25) is 14.9 Å². The van der Waals surface area contributed by atoms with Gasteiger partial charge >= 0.3 is 0 Å². The lowest BCUT2D eigenvalue weighted by molar-refractivity contribution is -0.384. The summed E-state index contributed by atoms with van der Waals surface area (Å²) in [7, 11) is 0. The van der Waals surface area contributed by atoms with Gasteiger partial charge < -0.3 is 11.1 Å². The minimum Gasteiger partial charge on any atom is -0.349 e. The molecule has 6 nitrogen and oxygen atoms in total. The summed E-state index contributed by atoms with van der Waals surface area (Å²) >= 11 is 0. The monoisotopic (exact) mass is 369 g/mol. The first kappa shape index (κ1) is 21.4. The number of hydrogen-bond donors (Lipinski definition) is 2. The Morgan fingerprint density at radius 1 is 1.36 bits per heavy atom. The molecule has 25 heavy (non-hydrogen) atoms. The molecule has 1 aliphatic carbocycles. The zero-order valence-electron chi connectivity index (χ0n) is 14.7. The Kier molecular flexibility index (Phi) is 8.32. The average Bonchev–Trinajstić information content (AvgIpc) is 2.60. The Labute approximate surface area is 155 Å². The molecular weight excluding hydrogens is 342 g/mol. The number of amides is 1. The van der Waals surface area contributed by atoms with Gasteiger partial charge in [-0.15, -0.1) is 12.4 Å². The van der Waals surface area contributed by atoms with Crippen LogP contribution in [0.25, 0.3) is 0 Å². The second-order valence-electron chi connectivity index (χ2n) is 6.82. The van der Waals surface area contributed by atoms with Crippen LogP contribution in [0.15, 0.2) is 24.3 Å². The van der Waals surface area contributed by atoms with Gasteiger partial charge in [-0.05, 0) is 36.8 Å². The van der Waals surface area contributed by atoms with Crippen molar-refractivity contribution < 1.29 is 9.72 Å². The second kappa shape index (κ2) is 9.73. The number of halogens is 1. The number of rotatable bonds is 7. The molecule has 0 spiro atoms. The highest BCUT2D eigenvalue weighted by Gasteiger charge is 2.33. The van der Waals surface area contributed by atoms with Gasteiger partial charge in [0, 0.05) is 18.6 Å². The molecule has 0 aliphatic heterocycles. The van der Waals surface area contributed by atoms with Gasteiger partial charge in [0.1, 0.15) is 0 Å². The van der Waals surface area contributed by atoms with Crippen molar-refractivity contribution in [3.05, 3.63) is 39.9 Å². The van der Waals surface area contributed by atoms with E-state index in [0.717, 1.165) is 31.2 Å². The number of nitro groups is 1. The van der Waals surface area contributed by atoms with Crippen molar-refractivity contribution in [3.63, 3.8) is 0 Å². The van der Waals surface area contributed by atoms with Crippen LogP contribution in [0.3, 0.4) is 0 Å². The number of carbonyl (C=O) groups is 1. The molecule has 1 aromatic rings. The van der Waals surface area contributed by atoms with Crippen molar-refractivity contribution in [2.75, 3.05) is 6.54 Å². The lowest BCUT2D eigenvalue weighted by atomic mass is 9.71. The Morgan fingerprint density at radius 2 is 2.04 bits per heavy atom. The van der Waals surface area contributed by atoms with Crippen LogP contribution in [0.2, 0.25) is 0 Å². The van der Waals surface area contributed by atoms with Crippen molar-refractivity contribution in [1.82, 2.24) is 5.32 Å². The van der Waals surface area contributed by atoms with Gasteiger partial charge in [0.05, 0.1) is 11.0 Å². The van der Waals surface area contributed by atoms with Crippen molar-refractivity contribution in [2.45, 2.75) is 57.9 Å². The van der Waals surface area contributed by atoms with Crippen molar-refractivity contribution in [2.24, 2.45) is 11.1 Å². The van der Waals surface area contributed by atoms with Crippen molar-refractivity contribution in [1.29, 1.82) is 0 Å². The second-order valence-corrected chi connectivity index (χ2v) is 6.82. The van der Waals surface area contributed by atoms with E-state index in [1.54, 1.807) is 6.07 Å². The first-order valence-electron chi connectivity index (χ1n) is 8.73. The molecule has 1 saturated carbocycles. The summed E-state index contributed by atoms with van der Waals surface area (Å²) in [5.74, 6) is -0.0132. The Bertz CT molecular complexity index is 589. The molecule has 2 rings (SSSR count). The number of nitrogens with zero attached hydrogens (tertiary/aromatic N) is 1. The van der Waals surface area contributed by atoms with E-state index in [0.29, 0.717) is 19.4 Å². The zero-order valence-corrected chi connectivity index (χ0v) is 15.5. The topological polar surface area (TPSA) is 98.3 Å². The van der Waals surface area contributed by atoms with Gasteiger partial charge in [-0.25, -0.2) is 0 Å². The molecule has 1 aromatic carbocycles. The summed E-state index contributed by atoms with van der Waals surface area (Å²) in [6.45, 7) is 2.50. The highest BCUT2D eigenvalue weighted by molar-refractivity contribution is 5.85. The molecular formula is C18H28ClN3O3. The third-order valence-corrected chi connectivity index (χ3v) is 5.11. The number of nitrogens with one attached hydrogen (secondary N) is 1. The highest BCUT2D eigenvalue weighted by atomic mass is 35.5. The Morgan fingerprint density at radius 3 is 2.60 bits per heavy atom. The normalized spacial score (nSPS) is 17.2. The molecule has 7 heteroatoms. The molecule has 0 bridgehead atoms. The van der Waals surface area contributed by atoms with E-state index in [4.69, 9.17) is 5.73 Å². The summed E-state index contributed by atoms with van der Waals surface area (Å²) in [6.07, 6.45) is 6.61. The largest absolute Gasteiger partial charge is 0.349 e. The van der Waals surface area contributed by atoms with Crippen LogP contribution in [0.4, 0.5) is 5.69 Å². The van der Waals surface area contributed by atoms with Crippen molar-refractivity contribution >= 4 is 24.0 Å². The molecule has 0 saturated heterocycles. The van der Waals surface area contributed by atoms with E-state index in [2.05, 4.69) is 5.32 Å². The number of hydrogen-bond acceptors (Lipinski definition) is 4. The third-order valence-electron chi connectivity index (χ3n) is 5.11. The molecule has 0 aromatic heterocycles. The van der Waals surface area contributed by atoms with Gasteiger partial charge in [0.2, 0.25) is 5.91 Å². The fourth-order valence-corrected chi connectivity index (χ4v) is 3.62. The summed E-state index contributed by atoms with van der Waals surface area (Å²) in [4.78, 5) is 23.1. The lowest BCUT2D eigenvalue weighted by Crippen LogP contribution is -2.39. The van der Waals surface area contributed by atoms with Gasteiger partial charge in [-0.1, -0.05) is 38.3 Å². The molecule has 0 heterocycles. The summed E-state index contributed by atoms with van der Waals surface area (Å²) < 4.78 is 0. The summed E-state index contributed by atoms with van der Waals surface area (Å²) in [6, 6.07) is 6.26. The average molecular weight is 370 g/mol. The summed E-state index contributed by atoms with van der Waals surface area (Å²) in [5, 5.41) is 14.0. The van der Waals surface area contributed by atoms with E-state index in [1.165, 1.54) is 18.6 Å². The number of non-ortho nitro benzene ring substituents is 1. The standard InChI is InChI=1S/C18H27N3O3.ClH/c1-2-16(14-7-6-8-15(11-14)21(23)24)20-17(22)12-18(13-19)9-4-3-5-10-18;/h6-8,11,16H,2-5,9-10,12-13,19H2,1H3,(H,20,22);1H. The Hall–Kier alpha value is -1.66. The third kappa shape index (κ3) is 5.68. The van der Waals surface area contributed by atoms with Crippen LogP contribution < -0.4 is 11.1 Å². The minimum absolute atomic E-state index is 0. The van der Waals surface area contributed by atoms with E-state index in [-0.39, 0.29) is 35.5 Å². The smallest absolute Gasteiger partial charge is 0.269 e. The Balaban J connectivity index is 0.00000312. The number of benzene rings is 1. The molecule has 1 unspecified atom stereocenters. The minimum atomic E-state index is -0.413. The predicted molar refractivity (Wildman–Crippen MR) is 101 cm³/mol. The number of nitro benzene ring substituents is 1. The number of nitrogens with two attached hydrogens (primary N) is 1. The first-order valence-corrected chi connectivity index (χ1v) is 8.73. The molecule has 1 amide bonds. The van der Waals surface area contributed by atoms with Crippen LogP contribution >= 0.6 is 12.4 Å². The SMILES string of the molecule is CCC(NC(=O)CC1(CN)CCCCC1)c1cccc([N+](=O)[O-])c1.Cl. The van der Waals surface area contributed by atoms with E-state index < -0.39 is 4.92 Å². The van der Waals surface area contributed by atoms with E-state index >= 15 is 0 Å². The van der Waals surface area contributed by atoms with Gasteiger partial charge in [0.15, 0.2) is 0 Å². The maximum Gasteiger partial charge on any atom is 0.269 e. The predicted octanol–water partition coefficient (Wildman–Crippen LogP) is 3.88. The number of carbonyl (C=O) groups excluding carboxylic acids is 1. The van der Waals surface area contributed by atoms with E-state index in [1.807, 2.05) is 13.0 Å². The van der Waals surface area contributed by atoms with Crippen molar-refractivity contribution in [3.8, 4) is 0 Å². The molecule has 0 radical (unpaired) electrons. The quantitative estimate of drug-likeness (QED) is 0.562. The van der Waals surface area contributed by atoms with Crippen LogP contribution in [-0.4, -0.2) is 17.4 Å². The zero-order chi connectivity index (χ0) is 17.6. The molecule has 3 N–H and O–H groups in total. The fourth-order valence-electron chi connectivity index (χ4n) is 3.62.